The SMILES string of the molecule is COc1cccc(CNC(=O)[C@]2(C)CCCN(C(=O)c3ccco3)C2)c1. The molecular weight excluding hydrogens is 332 g/mol. The molecule has 2 aromatic rings. The maximum atomic E-state index is 12.8. The molecule has 0 radical (unpaired) electrons. The summed E-state index contributed by atoms with van der Waals surface area (Å²) in [5.41, 5.74) is 0.361. The van der Waals surface area contributed by atoms with Gasteiger partial charge in [0.15, 0.2) is 5.76 Å². The molecule has 6 nitrogen and oxygen atoms in total. The number of carbonyl (C=O) groups is 2. The molecular formula is C20H24N2O4. The molecule has 2 amide bonds. The molecule has 1 aliphatic rings. The van der Waals surface area contributed by atoms with E-state index in [0.717, 1.165) is 24.2 Å². The first-order valence-corrected chi connectivity index (χ1v) is 8.76. The van der Waals surface area contributed by atoms with Crippen LogP contribution in [0.2, 0.25) is 0 Å². The van der Waals surface area contributed by atoms with Crippen LogP contribution in [0.4, 0.5) is 0 Å². The van der Waals surface area contributed by atoms with E-state index in [9.17, 15) is 9.59 Å². The number of ether oxygens (including phenoxy) is 1. The van der Waals surface area contributed by atoms with Gasteiger partial charge in [-0.1, -0.05) is 12.1 Å². The van der Waals surface area contributed by atoms with Crippen molar-refractivity contribution in [2.24, 2.45) is 5.41 Å². The second kappa shape index (κ2) is 7.64. The third kappa shape index (κ3) is 3.90. The van der Waals surface area contributed by atoms with Crippen molar-refractivity contribution in [3.8, 4) is 5.75 Å². The first-order chi connectivity index (χ1) is 12.5. The summed E-state index contributed by atoms with van der Waals surface area (Å²) >= 11 is 0. The van der Waals surface area contributed by atoms with E-state index in [1.165, 1.54) is 6.26 Å². The Morgan fingerprint density at radius 3 is 2.88 bits per heavy atom. The third-order valence-corrected chi connectivity index (χ3v) is 4.85. The third-order valence-electron chi connectivity index (χ3n) is 4.85. The lowest BCUT2D eigenvalue weighted by atomic mass is 9.80. The van der Waals surface area contributed by atoms with E-state index < -0.39 is 5.41 Å². The number of furan rings is 1. The fraction of sp³-hybridized carbons (Fsp3) is 0.400. The highest BCUT2D eigenvalue weighted by atomic mass is 16.5. The summed E-state index contributed by atoms with van der Waals surface area (Å²) in [7, 11) is 1.62. The van der Waals surface area contributed by atoms with Gasteiger partial charge in [0.25, 0.3) is 5.91 Å². The lowest BCUT2D eigenvalue weighted by molar-refractivity contribution is -0.132. The predicted octanol–water partition coefficient (Wildman–Crippen LogP) is 2.85. The maximum Gasteiger partial charge on any atom is 0.289 e. The van der Waals surface area contributed by atoms with Gasteiger partial charge in [0, 0.05) is 19.6 Å². The van der Waals surface area contributed by atoms with Gasteiger partial charge >= 0.3 is 0 Å². The van der Waals surface area contributed by atoms with Crippen LogP contribution in [0.3, 0.4) is 0 Å². The van der Waals surface area contributed by atoms with Crippen LogP contribution in [0.25, 0.3) is 0 Å². The molecule has 1 saturated heterocycles. The number of hydrogen-bond acceptors (Lipinski definition) is 4. The number of amides is 2. The number of benzene rings is 1. The minimum absolute atomic E-state index is 0.0442. The number of nitrogens with zero attached hydrogens (tertiary/aromatic N) is 1. The fourth-order valence-corrected chi connectivity index (χ4v) is 3.33. The minimum atomic E-state index is -0.612. The average Bonchev–Trinajstić information content (AvgIpc) is 3.20. The van der Waals surface area contributed by atoms with Crippen molar-refractivity contribution in [3.05, 3.63) is 54.0 Å². The van der Waals surface area contributed by atoms with Gasteiger partial charge in [0.05, 0.1) is 18.8 Å². The molecule has 3 rings (SSSR count). The van der Waals surface area contributed by atoms with E-state index in [2.05, 4.69) is 5.32 Å². The summed E-state index contributed by atoms with van der Waals surface area (Å²) in [6, 6.07) is 10.9. The van der Waals surface area contributed by atoms with Gasteiger partial charge in [0.1, 0.15) is 5.75 Å². The smallest absolute Gasteiger partial charge is 0.289 e. The van der Waals surface area contributed by atoms with Crippen LogP contribution in [0.5, 0.6) is 5.75 Å². The number of rotatable bonds is 5. The number of nitrogens with one attached hydrogen (secondary N) is 1. The van der Waals surface area contributed by atoms with Gasteiger partial charge < -0.3 is 19.4 Å². The molecule has 1 atom stereocenters. The van der Waals surface area contributed by atoms with Crippen molar-refractivity contribution in [3.63, 3.8) is 0 Å². The molecule has 1 fully saturated rings. The molecule has 1 aromatic heterocycles. The molecule has 1 aliphatic heterocycles. The zero-order chi connectivity index (χ0) is 18.6. The monoisotopic (exact) mass is 356 g/mol. The van der Waals surface area contributed by atoms with Crippen molar-refractivity contribution in [2.75, 3.05) is 20.2 Å². The summed E-state index contributed by atoms with van der Waals surface area (Å²) in [5.74, 6) is 0.862. The van der Waals surface area contributed by atoms with Crippen molar-refractivity contribution in [2.45, 2.75) is 26.3 Å². The molecule has 0 unspecified atom stereocenters. The molecule has 0 saturated carbocycles. The lowest BCUT2D eigenvalue weighted by Gasteiger charge is -2.39. The fourth-order valence-electron chi connectivity index (χ4n) is 3.33. The lowest BCUT2D eigenvalue weighted by Crippen LogP contribution is -2.51. The Labute approximate surface area is 153 Å². The molecule has 1 N–H and O–H groups in total. The summed E-state index contributed by atoms with van der Waals surface area (Å²) in [6.07, 6.45) is 3.02. The van der Waals surface area contributed by atoms with Gasteiger partial charge in [-0.15, -0.1) is 0 Å². The molecule has 0 bridgehead atoms. The Hall–Kier alpha value is -2.76. The quantitative estimate of drug-likeness (QED) is 0.894. The molecule has 6 heteroatoms. The molecule has 138 valence electrons. The maximum absolute atomic E-state index is 12.8. The van der Waals surface area contributed by atoms with Crippen molar-refractivity contribution in [1.82, 2.24) is 10.2 Å². The highest BCUT2D eigenvalue weighted by molar-refractivity contribution is 5.92. The zero-order valence-corrected chi connectivity index (χ0v) is 15.2. The van der Waals surface area contributed by atoms with Gasteiger partial charge in [0.2, 0.25) is 5.91 Å². The second-order valence-corrected chi connectivity index (χ2v) is 6.90. The van der Waals surface area contributed by atoms with Crippen LogP contribution in [0.1, 0.15) is 35.9 Å². The van der Waals surface area contributed by atoms with Crippen LogP contribution in [-0.2, 0) is 11.3 Å². The first kappa shape index (κ1) is 18.0. The Balaban J connectivity index is 1.62. The summed E-state index contributed by atoms with van der Waals surface area (Å²) in [6.45, 7) is 3.36. The number of hydrogen-bond donors (Lipinski definition) is 1. The number of methoxy groups -OCH3 is 1. The Kier molecular flexibility index (Phi) is 5.30. The first-order valence-electron chi connectivity index (χ1n) is 8.76. The van der Waals surface area contributed by atoms with Gasteiger partial charge in [-0.2, -0.15) is 0 Å². The van der Waals surface area contributed by atoms with E-state index in [4.69, 9.17) is 9.15 Å². The van der Waals surface area contributed by atoms with Crippen molar-refractivity contribution >= 4 is 11.8 Å². The Morgan fingerprint density at radius 1 is 1.31 bits per heavy atom. The Bertz CT molecular complexity index is 772. The standard InChI is InChI=1S/C20H24N2O4/c1-20(19(24)21-13-15-6-3-7-16(12-15)25-2)9-5-10-22(14-20)18(23)17-8-4-11-26-17/h3-4,6-8,11-12H,5,9-10,13-14H2,1-2H3,(H,21,24)/t20-/m1/s1. The van der Waals surface area contributed by atoms with E-state index in [0.29, 0.717) is 25.4 Å². The topological polar surface area (TPSA) is 71.8 Å². The minimum Gasteiger partial charge on any atom is -0.497 e. The van der Waals surface area contributed by atoms with Crippen LogP contribution in [0, 0.1) is 5.41 Å². The van der Waals surface area contributed by atoms with Crippen molar-refractivity contribution < 1.29 is 18.7 Å². The molecule has 26 heavy (non-hydrogen) atoms. The number of likely N-dealkylation sites (tertiary alicyclic amines) is 1. The highest BCUT2D eigenvalue weighted by Gasteiger charge is 2.39. The predicted molar refractivity (Wildman–Crippen MR) is 96.8 cm³/mol. The largest absolute Gasteiger partial charge is 0.497 e. The molecule has 0 spiro atoms. The highest BCUT2D eigenvalue weighted by Crippen LogP contribution is 2.30. The zero-order valence-electron chi connectivity index (χ0n) is 15.2. The van der Waals surface area contributed by atoms with Crippen LogP contribution < -0.4 is 10.1 Å². The van der Waals surface area contributed by atoms with Gasteiger partial charge in [-0.25, -0.2) is 0 Å². The van der Waals surface area contributed by atoms with Crippen LogP contribution >= 0.6 is 0 Å². The second-order valence-electron chi connectivity index (χ2n) is 6.90. The van der Waals surface area contributed by atoms with Crippen LogP contribution in [0.15, 0.2) is 47.1 Å². The number of piperidine rings is 1. The van der Waals surface area contributed by atoms with Gasteiger partial charge in [-0.05, 0) is 49.6 Å². The van der Waals surface area contributed by atoms with E-state index in [1.54, 1.807) is 24.1 Å². The summed E-state index contributed by atoms with van der Waals surface area (Å²) < 4.78 is 10.4. The Morgan fingerprint density at radius 2 is 2.15 bits per heavy atom. The van der Waals surface area contributed by atoms with E-state index in [1.807, 2.05) is 31.2 Å². The van der Waals surface area contributed by atoms with Crippen molar-refractivity contribution in [1.29, 1.82) is 0 Å². The van der Waals surface area contributed by atoms with Crippen LogP contribution in [-0.4, -0.2) is 36.9 Å². The van der Waals surface area contributed by atoms with E-state index >= 15 is 0 Å². The summed E-state index contributed by atoms with van der Waals surface area (Å²) in [5, 5.41) is 3.00. The van der Waals surface area contributed by atoms with E-state index in [-0.39, 0.29) is 11.8 Å². The molecule has 2 heterocycles. The van der Waals surface area contributed by atoms with Gasteiger partial charge in [-0.3, -0.25) is 9.59 Å². The molecule has 1 aromatic carbocycles. The normalized spacial score (nSPS) is 19.8. The summed E-state index contributed by atoms with van der Waals surface area (Å²) in [4.78, 5) is 27.0. The number of carbonyl (C=O) groups excluding carboxylic acids is 2. The average molecular weight is 356 g/mol. The molecule has 0 aliphatic carbocycles.